The zero-order valence-corrected chi connectivity index (χ0v) is 10.6. The van der Waals surface area contributed by atoms with Crippen LogP contribution in [0.1, 0.15) is 12.5 Å². The summed E-state index contributed by atoms with van der Waals surface area (Å²) in [6.45, 7) is 1.02. The quantitative estimate of drug-likeness (QED) is 0.845. The molecule has 1 rings (SSSR count). The van der Waals surface area contributed by atoms with Gasteiger partial charge < -0.3 is 10.2 Å². The second-order valence-electron chi connectivity index (χ2n) is 4.14. The number of hydrogen-bond acceptors (Lipinski definition) is 4. The van der Waals surface area contributed by atoms with Gasteiger partial charge in [-0.1, -0.05) is 12.1 Å². The Morgan fingerprint density at radius 1 is 1.33 bits per heavy atom. The fraction of sp³-hybridized carbons (Fsp3) is 0.364. The van der Waals surface area contributed by atoms with Crippen molar-refractivity contribution < 1.29 is 27.8 Å². The summed E-state index contributed by atoms with van der Waals surface area (Å²) < 4.78 is 35.8. The first kappa shape index (κ1) is 14.6. The lowest BCUT2D eigenvalue weighted by molar-refractivity contribution is -0.153. The summed E-state index contributed by atoms with van der Waals surface area (Å²) >= 11 is 0. The van der Waals surface area contributed by atoms with Crippen LogP contribution in [0.2, 0.25) is 0 Å². The lowest BCUT2D eigenvalue weighted by Crippen LogP contribution is -2.39. The van der Waals surface area contributed by atoms with E-state index in [0.29, 0.717) is 0 Å². The van der Waals surface area contributed by atoms with Crippen molar-refractivity contribution in [3.63, 3.8) is 0 Å². The molecule has 1 aromatic carbocycles. The summed E-state index contributed by atoms with van der Waals surface area (Å²) in [5.41, 5.74) is -2.23. The molecular weight excluding hydrogens is 263 g/mol. The average Bonchev–Trinajstić information content (AvgIpc) is 2.26. The van der Waals surface area contributed by atoms with Gasteiger partial charge in [-0.2, -0.15) is 0 Å². The van der Waals surface area contributed by atoms with Crippen molar-refractivity contribution in [3.8, 4) is 0 Å². The van der Waals surface area contributed by atoms with Crippen LogP contribution >= 0.6 is 0 Å². The number of carboxylic acids is 1. The lowest BCUT2D eigenvalue weighted by atomic mass is 9.91. The first-order chi connectivity index (χ1) is 8.06. The molecule has 1 aromatic rings. The van der Waals surface area contributed by atoms with Gasteiger partial charge in [0.05, 0.1) is 4.90 Å². The molecule has 0 heterocycles. The predicted octanol–water partition coefficient (Wildman–Crippen LogP) is 0.720. The summed E-state index contributed by atoms with van der Waals surface area (Å²) in [6.07, 6.45) is -1.49. The van der Waals surface area contributed by atoms with Gasteiger partial charge in [-0.25, -0.2) is 17.6 Å². The molecule has 0 bridgehead atoms. The Bertz CT molecular complexity index is 547. The summed E-state index contributed by atoms with van der Waals surface area (Å²) in [5, 5.41) is 18.3. The lowest BCUT2D eigenvalue weighted by Gasteiger charge is -2.25. The molecule has 0 radical (unpaired) electrons. The van der Waals surface area contributed by atoms with Crippen LogP contribution in [0.5, 0.6) is 0 Å². The molecule has 0 amide bonds. The summed E-state index contributed by atoms with van der Waals surface area (Å²) in [4.78, 5) is 10.5. The van der Waals surface area contributed by atoms with Crippen molar-refractivity contribution in [1.29, 1.82) is 0 Å². The fourth-order valence-electron chi connectivity index (χ4n) is 1.43. The van der Waals surface area contributed by atoms with Crippen molar-refractivity contribution >= 4 is 15.8 Å². The normalized spacial score (nSPS) is 16.9. The molecule has 100 valence electrons. The second-order valence-corrected chi connectivity index (χ2v) is 6.16. The predicted molar refractivity (Wildman–Crippen MR) is 61.7 cm³/mol. The molecule has 2 unspecified atom stereocenters. The van der Waals surface area contributed by atoms with Gasteiger partial charge in [0, 0.05) is 6.26 Å². The fourth-order valence-corrected chi connectivity index (χ4v) is 2.06. The third kappa shape index (κ3) is 2.85. The number of alkyl halides is 1. The third-order valence-corrected chi connectivity index (χ3v) is 3.71. The largest absolute Gasteiger partial charge is 0.479 e. The molecule has 5 nitrogen and oxygen atoms in total. The molecule has 0 saturated heterocycles. The number of carbonyl (C=O) groups is 1. The van der Waals surface area contributed by atoms with E-state index in [-0.39, 0.29) is 10.5 Å². The number of aliphatic carboxylic acids is 1. The minimum absolute atomic E-state index is 0.00721. The highest BCUT2D eigenvalue weighted by Gasteiger charge is 2.39. The maximum Gasteiger partial charge on any atom is 0.341 e. The number of hydrogen-bond donors (Lipinski definition) is 2. The smallest absolute Gasteiger partial charge is 0.341 e. The molecule has 0 saturated carbocycles. The van der Waals surface area contributed by atoms with Gasteiger partial charge in [-0.05, 0) is 24.6 Å². The first-order valence-electron chi connectivity index (χ1n) is 4.96. The minimum atomic E-state index is -3.39. The number of benzene rings is 1. The zero-order valence-electron chi connectivity index (χ0n) is 9.79. The maximum absolute atomic E-state index is 13.4. The van der Waals surface area contributed by atoms with Crippen LogP contribution in [0.3, 0.4) is 0 Å². The van der Waals surface area contributed by atoms with Gasteiger partial charge in [-0.3, -0.25) is 0 Å². The highest BCUT2D eigenvalue weighted by atomic mass is 32.2. The van der Waals surface area contributed by atoms with Gasteiger partial charge in [0.25, 0.3) is 0 Å². The van der Waals surface area contributed by atoms with E-state index >= 15 is 0 Å². The van der Waals surface area contributed by atoms with Crippen LogP contribution in [0.15, 0.2) is 29.2 Å². The molecule has 18 heavy (non-hydrogen) atoms. The maximum atomic E-state index is 13.4. The Kier molecular flexibility index (Phi) is 3.78. The second kappa shape index (κ2) is 4.66. The number of aliphatic hydroxyl groups is 1. The van der Waals surface area contributed by atoms with Crippen LogP contribution in [0.25, 0.3) is 0 Å². The third-order valence-electron chi connectivity index (χ3n) is 2.58. The SMILES string of the molecule is CC(O)(c1ccc(S(C)(=O)=O)cc1)C(F)C(=O)O. The van der Waals surface area contributed by atoms with E-state index in [9.17, 15) is 22.7 Å². The average molecular weight is 276 g/mol. The van der Waals surface area contributed by atoms with Crippen molar-refractivity contribution in [1.82, 2.24) is 0 Å². The molecule has 0 aromatic heterocycles. The van der Waals surface area contributed by atoms with Crippen LogP contribution in [-0.4, -0.2) is 37.0 Å². The van der Waals surface area contributed by atoms with Gasteiger partial charge >= 0.3 is 5.97 Å². The highest BCUT2D eigenvalue weighted by Crippen LogP contribution is 2.28. The van der Waals surface area contributed by atoms with Crippen LogP contribution < -0.4 is 0 Å². The highest BCUT2D eigenvalue weighted by molar-refractivity contribution is 7.90. The van der Waals surface area contributed by atoms with Crippen LogP contribution in [0.4, 0.5) is 4.39 Å². The molecule has 0 aliphatic heterocycles. The van der Waals surface area contributed by atoms with Gasteiger partial charge in [0.2, 0.25) is 6.17 Å². The van der Waals surface area contributed by atoms with Crippen molar-refractivity contribution in [2.75, 3.05) is 6.26 Å². The number of carboxylic acid groups (broad SMARTS) is 1. The molecule has 2 N–H and O–H groups in total. The summed E-state index contributed by atoms with van der Waals surface area (Å²) in [5.74, 6) is -1.79. The Hall–Kier alpha value is -1.47. The molecule has 2 atom stereocenters. The van der Waals surface area contributed by atoms with Crippen molar-refractivity contribution in [2.24, 2.45) is 0 Å². The number of sulfone groups is 1. The molecule has 0 aliphatic rings. The molecule has 0 spiro atoms. The Labute approximate surface area is 104 Å². The topological polar surface area (TPSA) is 91.7 Å². The molecule has 7 heteroatoms. The van der Waals surface area contributed by atoms with E-state index in [1.165, 1.54) is 24.3 Å². The molecular formula is C11H13FO5S. The van der Waals surface area contributed by atoms with E-state index in [2.05, 4.69) is 0 Å². The Morgan fingerprint density at radius 2 is 1.78 bits per heavy atom. The van der Waals surface area contributed by atoms with Gasteiger partial charge in [0.1, 0.15) is 5.60 Å². The zero-order chi connectivity index (χ0) is 14.1. The summed E-state index contributed by atoms with van der Waals surface area (Å²) in [6, 6.07) is 4.75. The molecule has 0 fully saturated rings. The van der Waals surface area contributed by atoms with Crippen molar-refractivity contribution in [3.05, 3.63) is 29.8 Å². The Balaban J connectivity index is 3.16. The number of halogens is 1. The van der Waals surface area contributed by atoms with E-state index in [1.807, 2.05) is 0 Å². The van der Waals surface area contributed by atoms with E-state index in [4.69, 9.17) is 5.11 Å². The monoisotopic (exact) mass is 276 g/mol. The van der Waals surface area contributed by atoms with E-state index < -0.39 is 27.6 Å². The van der Waals surface area contributed by atoms with Gasteiger partial charge in [-0.15, -0.1) is 0 Å². The Morgan fingerprint density at radius 3 is 2.11 bits per heavy atom. The van der Waals surface area contributed by atoms with Crippen molar-refractivity contribution in [2.45, 2.75) is 23.6 Å². The van der Waals surface area contributed by atoms with E-state index in [0.717, 1.165) is 13.2 Å². The standard InChI is InChI=1S/C11H13FO5S/c1-11(15,9(12)10(13)14)7-3-5-8(6-4-7)18(2,16)17/h3-6,9,15H,1-2H3,(H,13,14). The number of rotatable bonds is 4. The molecule has 0 aliphatic carbocycles. The van der Waals surface area contributed by atoms with Crippen LogP contribution in [-0.2, 0) is 20.2 Å². The van der Waals surface area contributed by atoms with Crippen LogP contribution in [0, 0.1) is 0 Å². The van der Waals surface area contributed by atoms with E-state index in [1.54, 1.807) is 0 Å². The minimum Gasteiger partial charge on any atom is -0.479 e. The van der Waals surface area contributed by atoms with Gasteiger partial charge in [0.15, 0.2) is 9.84 Å². The first-order valence-corrected chi connectivity index (χ1v) is 6.86. The summed E-state index contributed by atoms with van der Waals surface area (Å²) in [7, 11) is -3.39.